The predicted octanol–water partition coefficient (Wildman–Crippen LogP) is 3.53. The van der Waals surface area contributed by atoms with E-state index < -0.39 is 5.82 Å². The molecule has 3 rings (SSSR count). The first kappa shape index (κ1) is 13.2. The zero-order valence-corrected chi connectivity index (χ0v) is 11.2. The van der Waals surface area contributed by atoms with Crippen LogP contribution in [0, 0.1) is 5.82 Å². The lowest BCUT2D eigenvalue weighted by Gasteiger charge is -2.08. The summed E-state index contributed by atoms with van der Waals surface area (Å²) in [5.74, 6) is -0.944. The fraction of sp³-hybridized carbons (Fsp3) is 0.0625. The van der Waals surface area contributed by atoms with Gasteiger partial charge in [0.2, 0.25) is 0 Å². The van der Waals surface area contributed by atoms with Gasteiger partial charge in [-0.05, 0) is 35.9 Å². The molecule has 0 fully saturated rings. The Morgan fingerprint density at radius 3 is 2.81 bits per heavy atom. The first-order chi connectivity index (χ1) is 10.2. The summed E-state index contributed by atoms with van der Waals surface area (Å²) in [6.45, 7) is 0.476. The summed E-state index contributed by atoms with van der Waals surface area (Å²) >= 11 is 0. The molecule has 21 heavy (non-hydrogen) atoms. The molecule has 106 valence electrons. The van der Waals surface area contributed by atoms with Gasteiger partial charge in [-0.15, -0.1) is 0 Å². The molecule has 3 aromatic rings. The van der Waals surface area contributed by atoms with Crippen LogP contribution < -0.4 is 5.32 Å². The van der Waals surface area contributed by atoms with Crippen LogP contribution in [0.15, 0.2) is 54.7 Å². The lowest BCUT2D eigenvalue weighted by atomic mass is 10.1. The van der Waals surface area contributed by atoms with Crippen LogP contribution in [0.2, 0.25) is 0 Å². The van der Waals surface area contributed by atoms with Crippen molar-refractivity contribution in [1.29, 1.82) is 0 Å². The molecular weight excluding hydrogens is 269 g/mol. The van der Waals surface area contributed by atoms with Crippen molar-refractivity contribution in [2.45, 2.75) is 6.54 Å². The van der Waals surface area contributed by atoms with Gasteiger partial charge in [-0.2, -0.15) is 5.10 Å². The SMILES string of the molecule is Oc1ccc(CNc2cccc(-c3ccn[nH]3)c2)cc1F. The number of aromatic hydroxyl groups is 1. The number of H-pyrrole nitrogens is 1. The van der Waals surface area contributed by atoms with Crippen LogP contribution >= 0.6 is 0 Å². The summed E-state index contributed by atoms with van der Waals surface area (Å²) < 4.78 is 13.3. The van der Waals surface area contributed by atoms with Crippen LogP contribution in [-0.4, -0.2) is 15.3 Å². The molecule has 4 nitrogen and oxygen atoms in total. The van der Waals surface area contributed by atoms with Crippen molar-refractivity contribution in [1.82, 2.24) is 10.2 Å². The van der Waals surface area contributed by atoms with Gasteiger partial charge < -0.3 is 10.4 Å². The monoisotopic (exact) mass is 283 g/mol. The molecule has 0 spiro atoms. The number of anilines is 1. The van der Waals surface area contributed by atoms with Gasteiger partial charge in [0.25, 0.3) is 0 Å². The molecule has 0 aliphatic rings. The van der Waals surface area contributed by atoms with Gasteiger partial charge in [-0.25, -0.2) is 4.39 Å². The van der Waals surface area contributed by atoms with Gasteiger partial charge in [-0.1, -0.05) is 18.2 Å². The highest BCUT2D eigenvalue weighted by Crippen LogP contribution is 2.21. The Bertz CT molecular complexity index is 741. The Morgan fingerprint density at radius 1 is 1.14 bits per heavy atom. The molecular formula is C16H14FN3O. The summed E-state index contributed by atoms with van der Waals surface area (Å²) in [6, 6.07) is 14.1. The standard InChI is InChI=1S/C16H14FN3O/c17-14-8-11(4-5-16(14)21)10-18-13-3-1-2-12(9-13)15-6-7-19-20-15/h1-9,18,21H,10H2,(H,19,20). The Labute approximate surface area is 121 Å². The topological polar surface area (TPSA) is 60.9 Å². The fourth-order valence-corrected chi connectivity index (χ4v) is 2.08. The van der Waals surface area contributed by atoms with Crippen LogP contribution in [0.1, 0.15) is 5.56 Å². The van der Waals surface area contributed by atoms with E-state index in [1.54, 1.807) is 12.3 Å². The molecule has 0 bridgehead atoms. The Hall–Kier alpha value is -2.82. The minimum absolute atomic E-state index is 0.333. The number of phenols is 1. The third kappa shape index (κ3) is 3.02. The molecule has 1 heterocycles. The zero-order valence-electron chi connectivity index (χ0n) is 11.2. The quantitative estimate of drug-likeness (QED) is 0.686. The van der Waals surface area contributed by atoms with E-state index in [4.69, 9.17) is 5.11 Å². The van der Waals surface area contributed by atoms with Gasteiger partial charge in [0.15, 0.2) is 11.6 Å². The summed E-state index contributed by atoms with van der Waals surface area (Å²) in [7, 11) is 0. The van der Waals surface area contributed by atoms with Crippen molar-refractivity contribution in [3.05, 3.63) is 66.1 Å². The number of nitrogens with one attached hydrogen (secondary N) is 2. The summed E-state index contributed by atoms with van der Waals surface area (Å²) in [5, 5.41) is 19.2. The van der Waals surface area contributed by atoms with E-state index in [9.17, 15) is 4.39 Å². The molecule has 0 amide bonds. The molecule has 5 heteroatoms. The van der Waals surface area contributed by atoms with E-state index in [1.165, 1.54) is 12.1 Å². The van der Waals surface area contributed by atoms with Crippen LogP contribution in [-0.2, 0) is 6.54 Å². The molecule has 0 saturated carbocycles. The average Bonchev–Trinajstić information content (AvgIpc) is 3.03. The first-order valence-corrected chi connectivity index (χ1v) is 6.53. The molecule has 0 atom stereocenters. The summed E-state index contributed by atoms with van der Waals surface area (Å²) in [4.78, 5) is 0. The van der Waals surface area contributed by atoms with Gasteiger partial charge >= 0.3 is 0 Å². The van der Waals surface area contributed by atoms with E-state index in [2.05, 4.69) is 15.5 Å². The fourth-order valence-electron chi connectivity index (χ4n) is 2.08. The second-order valence-electron chi connectivity index (χ2n) is 4.69. The Kier molecular flexibility index (Phi) is 3.55. The van der Waals surface area contributed by atoms with Crippen molar-refractivity contribution < 1.29 is 9.50 Å². The number of nitrogens with zero attached hydrogens (tertiary/aromatic N) is 1. The lowest BCUT2D eigenvalue weighted by molar-refractivity contribution is 0.432. The molecule has 0 radical (unpaired) electrons. The van der Waals surface area contributed by atoms with Crippen molar-refractivity contribution in [3.63, 3.8) is 0 Å². The Balaban J connectivity index is 1.73. The van der Waals surface area contributed by atoms with Crippen molar-refractivity contribution in [2.75, 3.05) is 5.32 Å². The first-order valence-electron chi connectivity index (χ1n) is 6.53. The number of hydrogen-bond acceptors (Lipinski definition) is 3. The molecule has 1 aromatic heterocycles. The van der Waals surface area contributed by atoms with E-state index in [0.29, 0.717) is 6.54 Å². The third-order valence-corrected chi connectivity index (χ3v) is 3.18. The smallest absolute Gasteiger partial charge is 0.165 e. The second-order valence-corrected chi connectivity index (χ2v) is 4.69. The van der Waals surface area contributed by atoms with Crippen molar-refractivity contribution in [2.24, 2.45) is 0 Å². The maximum atomic E-state index is 13.3. The van der Waals surface area contributed by atoms with E-state index in [0.717, 1.165) is 22.5 Å². The van der Waals surface area contributed by atoms with E-state index in [-0.39, 0.29) is 5.75 Å². The molecule has 0 aliphatic carbocycles. The van der Waals surface area contributed by atoms with Crippen molar-refractivity contribution in [3.8, 4) is 17.0 Å². The van der Waals surface area contributed by atoms with E-state index in [1.807, 2.05) is 30.3 Å². The largest absolute Gasteiger partial charge is 0.505 e. The Morgan fingerprint density at radius 2 is 2.05 bits per heavy atom. The number of phenolic OH excluding ortho intramolecular Hbond substituents is 1. The predicted molar refractivity (Wildman–Crippen MR) is 79.4 cm³/mol. The number of rotatable bonds is 4. The number of hydrogen-bond donors (Lipinski definition) is 3. The van der Waals surface area contributed by atoms with Crippen LogP contribution in [0.3, 0.4) is 0 Å². The number of halogens is 1. The normalized spacial score (nSPS) is 10.5. The maximum Gasteiger partial charge on any atom is 0.165 e. The zero-order chi connectivity index (χ0) is 14.7. The molecule has 0 saturated heterocycles. The molecule has 3 N–H and O–H groups in total. The minimum Gasteiger partial charge on any atom is -0.505 e. The van der Waals surface area contributed by atoms with Gasteiger partial charge in [-0.3, -0.25) is 5.10 Å². The molecule has 2 aromatic carbocycles. The van der Waals surface area contributed by atoms with Crippen LogP contribution in [0.25, 0.3) is 11.3 Å². The van der Waals surface area contributed by atoms with Crippen molar-refractivity contribution >= 4 is 5.69 Å². The van der Waals surface area contributed by atoms with Gasteiger partial charge in [0.1, 0.15) is 0 Å². The van der Waals surface area contributed by atoms with Crippen LogP contribution in [0.4, 0.5) is 10.1 Å². The van der Waals surface area contributed by atoms with Gasteiger partial charge in [0, 0.05) is 24.0 Å². The van der Waals surface area contributed by atoms with E-state index >= 15 is 0 Å². The molecule has 0 unspecified atom stereocenters. The number of benzene rings is 2. The number of aromatic amines is 1. The average molecular weight is 283 g/mol. The third-order valence-electron chi connectivity index (χ3n) is 3.18. The highest BCUT2D eigenvalue weighted by atomic mass is 19.1. The second kappa shape index (κ2) is 5.66. The summed E-state index contributed by atoms with van der Waals surface area (Å²) in [6.07, 6.45) is 1.70. The summed E-state index contributed by atoms with van der Waals surface area (Å²) in [5.41, 5.74) is 3.65. The highest BCUT2D eigenvalue weighted by Gasteiger charge is 2.03. The highest BCUT2D eigenvalue weighted by molar-refractivity contribution is 5.64. The number of aromatic nitrogens is 2. The molecule has 0 aliphatic heterocycles. The van der Waals surface area contributed by atoms with Gasteiger partial charge in [0.05, 0.1) is 5.69 Å². The van der Waals surface area contributed by atoms with Crippen LogP contribution in [0.5, 0.6) is 5.75 Å². The minimum atomic E-state index is -0.611. The lowest BCUT2D eigenvalue weighted by Crippen LogP contribution is -1.99. The maximum absolute atomic E-state index is 13.3.